The van der Waals surface area contributed by atoms with E-state index in [1.165, 1.54) is 0 Å². The topological polar surface area (TPSA) is 38.8 Å². The maximum atomic E-state index is 11.4. The first-order valence-corrected chi connectivity index (χ1v) is 4.63. The smallest absolute Gasteiger partial charge is 0.192 e. The summed E-state index contributed by atoms with van der Waals surface area (Å²) in [6, 6.07) is 0. The maximum Gasteiger partial charge on any atom is 0.192 e. The number of carbonyl (C=O) groups excluding carboxylic acids is 1. The monoisotopic (exact) mass is 170 g/mol. The average molecular weight is 170 g/mol. The molecule has 2 aliphatic rings. The van der Waals surface area contributed by atoms with Crippen LogP contribution in [0.15, 0.2) is 0 Å². The summed E-state index contributed by atoms with van der Waals surface area (Å²) in [7, 11) is 0. The fourth-order valence-corrected chi connectivity index (χ4v) is 1.61. The van der Waals surface area contributed by atoms with Crippen molar-refractivity contribution in [3.8, 4) is 0 Å². The highest BCUT2D eigenvalue weighted by molar-refractivity contribution is 5.90. The molecule has 0 aliphatic carbocycles. The highest BCUT2D eigenvalue weighted by atomic mass is 16.6. The predicted octanol–water partition coefficient (Wildman–Crippen LogP) is 0.912. The summed E-state index contributed by atoms with van der Waals surface area (Å²) in [6.45, 7) is 2.73. The van der Waals surface area contributed by atoms with Gasteiger partial charge in [-0.15, -0.1) is 0 Å². The van der Waals surface area contributed by atoms with Crippen LogP contribution in [0.3, 0.4) is 0 Å². The Morgan fingerprint density at radius 3 is 3.17 bits per heavy atom. The molecule has 2 rings (SSSR count). The van der Waals surface area contributed by atoms with Gasteiger partial charge in [0.25, 0.3) is 0 Å². The van der Waals surface area contributed by atoms with Crippen LogP contribution in [0, 0.1) is 0 Å². The van der Waals surface area contributed by atoms with E-state index < -0.39 is 0 Å². The predicted molar refractivity (Wildman–Crippen MR) is 42.9 cm³/mol. The molecule has 0 aromatic heterocycles. The van der Waals surface area contributed by atoms with Gasteiger partial charge in [-0.1, -0.05) is 19.8 Å². The highest BCUT2D eigenvalue weighted by Gasteiger charge is 2.51. The Bertz CT molecular complexity index is 190. The molecule has 0 aromatic carbocycles. The average Bonchev–Trinajstić information content (AvgIpc) is 2.83. The summed E-state index contributed by atoms with van der Waals surface area (Å²) in [5.74, 6) is 0.166. The molecule has 3 heteroatoms. The van der Waals surface area contributed by atoms with Gasteiger partial charge in [0.2, 0.25) is 0 Å². The van der Waals surface area contributed by atoms with Crippen molar-refractivity contribution in [2.75, 3.05) is 6.61 Å². The quantitative estimate of drug-likeness (QED) is 0.591. The minimum atomic E-state index is -0.173. The molecule has 2 saturated heterocycles. The zero-order valence-corrected chi connectivity index (χ0v) is 7.29. The Labute approximate surface area is 72.0 Å². The van der Waals surface area contributed by atoms with Crippen molar-refractivity contribution in [1.29, 1.82) is 0 Å². The van der Waals surface area contributed by atoms with Gasteiger partial charge in [-0.3, -0.25) is 4.79 Å². The number of ketones is 1. The zero-order chi connectivity index (χ0) is 8.55. The van der Waals surface area contributed by atoms with E-state index in [2.05, 4.69) is 6.92 Å². The summed E-state index contributed by atoms with van der Waals surface area (Å²) in [4.78, 5) is 11.4. The van der Waals surface area contributed by atoms with Crippen molar-refractivity contribution in [3.63, 3.8) is 0 Å². The molecule has 2 heterocycles. The molecule has 0 amide bonds. The molecule has 0 saturated carbocycles. The molecule has 0 bridgehead atoms. The van der Waals surface area contributed by atoms with Crippen molar-refractivity contribution in [3.05, 3.63) is 0 Å². The fraction of sp³-hybridized carbons (Fsp3) is 0.889. The van der Waals surface area contributed by atoms with Crippen molar-refractivity contribution >= 4 is 5.78 Å². The molecule has 0 radical (unpaired) electrons. The van der Waals surface area contributed by atoms with Gasteiger partial charge in [0, 0.05) is 0 Å². The second-order valence-electron chi connectivity index (χ2n) is 3.46. The molecule has 68 valence electrons. The normalized spacial score (nSPS) is 39.4. The van der Waals surface area contributed by atoms with Crippen molar-refractivity contribution < 1.29 is 14.3 Å². The van der Waals surface area contributed by atoms with E-state index in [0.717, 1.165) is 19.3 Å². The van der Waals surface area contributed by atoms with E-state index >= 15 is 0 Å². The van der Waals surface area contributed by atoms with Gasteiger partial charge in [0.15, 0.2) is 5.78 Å². The molecular weight excluding hydrogens is 156 g/mol. The summed E-state index contributed by atoms with van der Waals surface area (Å²) in [6.07, 6.45) is 2.85. The van der Waals surface area contributed by atoms with Crippen LogP contribution in [0.4, 0.5) is 0 Å². The Kier molecular flexibility index (Phi) is 2.15. The minimum absolute atomic E-state index is 0.0929. The van der Waals surface area contributed by atoms with Crippen LogP contribution >= 0.6 is 0 Å². The number of unbranched alkanes of at least 4 members (excludes halogenated alkanes) is 1. The van der Waals surface area contributed by atoms with Gasteiger partial charge in [-0.25, -0.2) is 0 Å². The summed E-state index contributed by atoms with van der Waals surface area (Å²) in [5.41, 5.74) is 0. The summed E-state index contributed by atoms with van der Waals surface area (Å²) in [5, 5.41) is 0. The van der Waals surface area contributed by atoms with E-state index in [1.54, 1.807) is 0 Å². The number of epoxide rings is 1. The Hall–Kier alpha value is -0.410. The number of rotatable bonds is 3. The van der Waals surface area contributed by atoms with Gasteiger partial charge in [0.05, 0.1) is 6.61 Å². The van der Waals surface area contributed by atoms with E-state index in [9.17, 15) is 4.79 Å². The first-order valence-electron chi connectivity index (χ1n) is 4.63. The Morgan fingerprint density at radius 1 is 1.58 bits per heavy atom. The molecule has 3 unspecified atom stereocenters. The van der Waals surface area contributed by atoms with Crippen LogP contribution in [-0.2, 0) is 14.3 Å². The molecule has 0 aromatic rings. The first kappa shape index (κ1) is 8.20. The lowest BCUT2D eigenvalue weighted by Crippen LogP contribution is -2.35. The third-order valence-corrected chi connectivity index (χ3v) is 2.46. The number of carbonyl (C=O) groups is 1. The van der Waals surface area contributed by atoms with E-state index in [-0.39, 0.29) is 24.1 Å². The number of hydrogen-bond donors (Lipinski definition) is 0. The molecular formula is C9H14O3. The van der Waals surface area contributed by atoms with Crippen LogP contribution in [0.25, 0.3) is 0 Å². The highest BCUT2D eigenvalue weighted by Crippen LogP contribution is 2.31. The van der Waals surface area contributed by atoms with Crippen LogP contribution in [0.2, 0.25) is 0 Å². The fourth-order valence-electron chi connectivity index (χ4n) is 1.61. The lowest BCUT2D eigenvalue weighted by Gasteiger charge is -2.17. The second kappa shape index (κ2) is 3.15. The van der Waals surface area contributed by atoms with Gasteiger partial charge in [0.1, 0.15) is 18.3 Å². The summed E-state index contributed by atoms with van der Waals surface area (Å²) >= 11 is 0. The Morgan fingerprint density at radius 2 is 2.42 bits per heavy atom. The van der Waals surface area contributed by atoms with Gasteiger partial charge in [-0.05, 0) is 6.42 Å². The molecule has 2 aliphatic heterocycles. The molecule has 12 heavy (non-hydrogen) atoms. The number of fused-ring (bicyclic) bond motifs is 1. The number of Topliss-reactive ketones (excluding diaryl/α,β-unsaturated/α-hetero) is 1. The standard InChI is InChI=1S/C9H14O3/c1-2-3-4-6-8(10)9-7(12-9)5-11-6/h6-7,9H,2-5H2,1H3. The lowest BCUT2D eigenvalue weighted by molar-refractivity contribution is -0.133. The van der Waals surface area contributed by atoms with Crippen LogP contribution in [0.1, 0.15) is 26.2 Å². The third kappa shape index (κ3) is 1.39. The first-order chi connectivity index (χ1) is 5.83. The molecule has 0 spiro atoms. The molecule has 0 N–H and O–H groups in total. The summed E-state index contributed by atoms with van der Waals surface area (Å²) < 4.78 is 10.5. The lowest BCUT2D eigenvalue weighted by atomic mass is 10.0. The molecule has 2 fully saturated rings. The zero-order valence-electron chi connectivity index (χ0n) is 7.29. The minimum Gasteiger partial charge on any atom is -0.368 e. The second-order valence-corrected chi connectivity index (χ2v) is 3.46. The van der Waals surface area contributed by atoms with Crippen molar-refractivity contribution in [2.24, 2.45) is 0 Å². The maximum absolute atomic E-state index is 11.4. The van der Waals surface area contributed by atoms with E-state index in [1.807, 2.05) is 0 Å². The SMILES string of the molecule is CCCCC1OCC2OC2C1=O. The molecule has 3 atom stereocenters. The van der Waals surface area contributed by atoms with Gasteiger partial charge < -0.3 is 9.47 Å². The molecule has 3 nitrogen and oxygen atoms in total. The van der Waals surface area contributed by atoms with Crippen LogP contribution in [0.5, 0.6) is 0 Å². The van der Waals surface area contributed by atoms with Gasteiger partial charge in [-0.2, -0.15) is 0 Å². The largest absolute Gasteiger partial charge is 0.368 e. The van der Waals surface area contributed by atoms with E-state index in [4.69, 9.17) is 9.47 Å². The third-order valence-electron chi connectivity index (χ3n) is 2.46. The Balaban J connectivity index is 1.84. The van der Waals surface area contributed by atoms with Crippen molar-refractivity contribution in [1.82, 2.24) is 0 Å². The van der Waals surface area contributed by atoms with Crippen LogP contribution in [-0.4, -0.2) is 30.7 Å². The van der Waals surface area contributed by atoms with Gasteiger partial charge >= 0.3 is 0 Å². The van der Waals surface area contributed by atoms with Crippen molar-refractivity contribution in [2.45, 2.75) is 44.5 Å². The number of hydrogen-bond acceptors (Lipinski definition) is 3. The van der Waals surface area contributed by atoms with Crippen LogP contribution < -0.4 is 0 Å². The number of ether oxygens (including phenoxy) is 2. The van der Waals surface area contributed by atoms with E-state index in [0.29, 0.717) is 6.61 Å².